The number of carbonyl (C=O) groups is 1. The zero-order chi connectivity index (χ0) is 22.0. The Labute approximate surface area is 174 Å². The van der Waals surface area contributed by atoms with Crippen LogP contribution in [-0.2, 0) is 20.7 Å². The molecule has 0 unspecified atom stereocenters. The first-order valence-corrected chi connectivity index (χ1v) is 9.97. The van der Waals surface area contributed by atoms with E-state index in [0.717, 1.165) is 22.2 Å². The van der Waals surface area contributed by atoms with Gasteiger partial charge in [0.05, 0.1) is 17.8 Å². The molecule has 1 aliphatic rings. The normalized spacial score (nSPS) is 18.7. The van der Waals surface area contributed by atoms with Gasteiger partial charge in [-0.15, -0.1) is 0 Å². The molecule has 0 aromatic heterocycles. The third kappa shape index (κ3) is 6.08. The van der Waals surface area contributed by atoms with Crippen LogP contribution in [0.5, 0.6) is 0 Å². The molecule has 1 heterocycles. The summed E-state index contributed by atoms with van der Waals surface area (Å²) in [6.45, 7) is 15.6. The highest BCUT2D eigenvalue weighted by molar-refractivity contribution is 6.56. The highest BCUT2D eigenvalue weighted by Gasteiger charge is 2.52. The Morgan fingerprint density at radius 1 is 1.21 bits per heavy atom. The Balaban J connectivity index is 2.30. The second kappa shape index (κ2) is 8.50. The van der Waals surface area contributed by atoms with Crippen molar-refractivity contribution in [1.82, 2.24) is 5.32 Å². The van der Waals surface area contributed by atoms with Gasteiger partial charge in [0.2, 0.25) is 0 Å². The van der Waals surface area contributed by atoms with E-state index >= 15 is 0 Å². The number of benzene rings is 1. The molecule has 0 saturated carbocycles. The number of aliphatic hydroxyl groups is 1. The van der Waals surface area contributed by atoms with Crippen LogP contribution in [0.25, 0.3) is 6.08 Å². The fourth-order valence-electron chi connectivity index (χ4n) is 2.88. The Kier molecular flexibility index (Phi) is 6.88. The summed E-state index contributed by atoms with van der Waals surface area (Å²) in [5.41, 5.74) is 2.07. The van der Waals surface area contributed by atoms with Gasteiger partial charge in [0.1, 0.15) is 5.60 Å². The van der Waals surface area contributed by atoms with Crippen molar-refractivity contribution >= 4 is 19.3 Å². The maximum atomic E-state index is 12.2. The highest BCUT2D eigenvalue weighted by Crippen LogP contribution is 2.38. The number of hydrogen-bond acceptors (Lipinski definition) is 5. The van der Waals surface area contributed by atoms with Gasteiger partial charge >= 0.3 is 13.2 Å². The first-order chi connectivity index (χ1) is 13.2. The maximum absolute atomic E-state index is 12.2. The van der Waals surface area contributed by atoms with Crippen LogP contribution < -0.4 is 5.32 Å². The summed E-state index contributed by atoms with van der Waals surface area (Å²) in [5, 5.41) is 12.1. The predicted molar refractivity (Wildman–Crippen MR) is 115 cm³/mol. The molecular weight excluding hydrogens is 369 g/mol. The van der Waals surface area contributed by atoms with Gasteiger partial charge in [-0.2, -0.15) is 0 Å². The van der Waals surface area contributed by atoms with Crippen molar-refractivity contribution < 1.29 is 23.9 Å². The molecule has 2 N–H and O–H groups in total. The van der Waals surface area contributed by atoms with Gasteiger partial charge in [0.25, 0.3) is 0 Å². The van der Waals surface area contributed by atoms with Gasteiger partial charge in [0.15, 0.2) is 0 Å². The Morgan fingerprint density at radius 3 is 2.28 bits per heavy atom. The number of alkyl carbamates (subject to hydrolysis) is 1. The third-order valence-corrected chi connectivity index (χ3v) is 5.25. The third-order valence-electron chi connectivity index (χ3n) is 5.25. The van der Waals surface area contributed by atoms with Crippen LogP contribution in [0.15, 0.2) is 23.7 Å². The molecule has 160 valence electrons. The molecule has 1 aromatic rings. The molecule has 0 radical (unpaired) electrons. The van der Waals surface area contributed by atoms with E-state index in [4.69, 9.17) is 14.0 Å². The zero-order valence-electron chi connectivity index (χ0n) is 18.9. The predicted octanol–water partition coefficient (Wildman–Crippen LogP) is 4.03. The lowest BCUT2D eigenvalue weighted by Crippen LogP contribution is -2.41. The molecule has 0 spiro atoms. The molecule has 1 amide bonds. The average molecular weight is 403 g/mol. The van der Waals surface area contributed by atoms with Gasteiger partial charge in [0, 0.05) is 6.54 Å². The lowest BCUT2D eigenvalue weighted by Gasteiger charge is -2.32. The first kappa shape index (κ1) is 23.5. The summed E-state index contributed by atoms with van der Waals surface area (Å²) in [4.78, 5) is 12.2. The van der Waals surface area contributed by atoms with E-state index in [1.54, 1.807) is 0 Å². The van der Waals surface area contributed by atoms with Crippen LogP contribution in [-0.4, -0.2) is 41.7 Å². The smallest absolute Gasteiger partial charge is 0.444 e. The Hall–Kier alpha value is -1.83. The molecule has 1 aromatic carbocycles. The van der Waals surface area contributed by atoms with Gasteiger partial charge in [-0.05, 0) is 77.6 Å². The van der Waals surface area contributed by atoms with Crippen LogP contribution >= 0.6 is 0 Å². The van der Waals surface area contributed by atoms with E-state index in [9.17, 15) is 9.90 Å². The molecular formula is C22H34BNO5. The van der Waals surface area contributed by atoms with Crippen molar-refractivity contribution in [3.63, 3.8) is 0 Å². The molecule has 0 bridgehead atoms. The van der Waals surface area contributed by atoms with E-state index in [2.05, 4.69) is 5.32 Å². The molecule has 0 atom stereocenters. The minimum Gasteiger partial charge on any atom is -0.444 e. The number of aryl methyl sites for hydroxylation is 1. The molecule has 7 heteroatoms. The monoisotopic (exact) mass is 403 g/mol. The number of nitrogens with one attached hydrogen (secondary N) is 1. The van der Waals surface area contributed by atoms with E-state index in [1.807, 2.05) is 79.7 Å². The second-order valence-electron chi connectivity index (χ2n) is 9.51. The molecule has 1 saturated heterocycles. The second-order valence-corrected chi connectivity index (χ2v) is 9.51. The van der Waals surface area contributed by atoms with E-state index in [0.29, 0.717) is 0 Å². The summed E-state index contributed by atoms with van der Waals surface area (Å²) in [7, 11) is -0.591. The lowest BCUT2D eigenvalue weighted by atomic mass is 9.76. The van der Waals surface area contributed by atoms with E-state index in [1.165, 1.54) is 0 Å². The van der Waals surface area contributed by atoms with Gasteiger partial charge in [-0.1, -0.05) is 24.3 Å². The summed E-state index contributed by atoms with van der Waals surface area (Å²) in [6, 6.07) is 5.76. The van der Waals surface area contributed by atoms with E-state index < -0.39 is 30.0 Å². The Morgan fingerprint density at radius 2 is 1.79 bits per heavy atom. The summed E-state index contributed by atoms with van der Waals surface area (Å²) < 4.78 is 17.7. The standard InChI is InChI=1S/C22H34BNO5/c1-15-11-16(14-25)9-10-17(15)12-18(13-24-19(26)27-20(2,3)4)23-28-21(5,6)22(7,8)29-23/h9-12,25H,13-14H2,1-8H3,(H,24,26). The van der Waals surface area contributed by atoms with Crippen molar-refractivity contribution in [2.75, 3.05) is 6.54 Å². The van der Waals surface area contributed by atoms with Crippen LogP contribution in [0.3, 0.4) is 0 Å². The first-order valence-electron chi connectivity index (χ1n) is 9.97. The van der Waals surface area contributed by atoms with Gasteiger partial charge in [-0.3, -0.25) is 0 Å². The van der Waals surface area contributed by atoms with Crippen molar-refractivity contribution in [3.05, 3.63) is 40.4 Å². The summed E-state index contributed by atoms with van der Waals surface area (Å²) in [6.07, 6.45) is 1.47. The number of amides is 1. The minimum atomic E-state index is -0.591. The molecule has 1 aliphatic heterocycles. The average Bonchev–Trinajstić information content (AvgIpc) is 2.78. The van der Waals surface area contributed by atoms with Crippen LogP contribution in [0.2, 0.25) is 0 Å². The minimum absolute atomic E-state index is 0.00484. The summed E-state index contributed by atoms with van der Waals surface area (Å²) >= 11 is 0. The van der Waals surface area contributed by atoms with Gasteiger partial charge < -0.3 is 24.5 Å². The molecule has 29 heavy (non-hydrogen) atoms. The molecule has 1 fully saturated rings. The number of carbonyl (C=O) groups excluding carboxylic acids is 1. The fourth-order valence-corrected chi connectivity index (χ4v) is 2.88. The number of aliphatic hydroxyl groups excluding tert-OH is 1. The SMILES string of the molecule is Cc1cc(CO)ccc1C=C(CNC(=O)OC(C)(C)C)B1OC(C)(C)C(C)(C)O1. The molecule has 6 nitrogen and oxygen atoms in total. The zero-order valence-corrected chi connectivity index (χ0v) is 18.9. The maximum Gasteiger partial charge on any atom is 0.492 e. The topological polar surface area (TPSA) is 77.0 Å². The van der Waals surface area contributed by atoms with Crippen molar-refractivity contribution in [2.45, 2.75) is 78.8 Å². The van der Waals surface area contributed by atoms with Crippen LogP contribution in [0.4, 0.5) is 4.79 Å². The number of ether oxygens (including phenoxy) is 1. The molecule has 0 aliphatic carbocycles. The van der Waals surface area contributed by atoms with Crippen LogP contribution in [0.1, 0.15) is 65.2 Å². The number of hydrogen-bond donors (Lipinski definition) is 2. The lowest BCUT2D eigenvalue weighted by molar-refractivity contribution is 0.00578. The fraction of sp³-hybridized carbons (Fsp3) is 0.591. The van der Waals surface area contributed by atoms with Crippen LogP contribution in [0, 0.1) is 6.92 Å². The van der Waals surface area contributed by atoms with Crippen molar-refractivity contribution in [1.29, 1.82) is 0 Å². The number of rotatable bonds is 5. The van der Waals surface area contributed by atoms with E-state index in [-0.39, 0.29) is 13.2 Å². The van der Waals surface area contributed by atoms with Crippen molar-refractivity contribution in [3.8, 4) is 0 Å². The highest BCUT2D eigenvalue weighted by atomic mass is 16.7. The molecule has 2 rings (SSSR count). The largest absolute Gasteiger partial charge is 0.492 e. The Bertz CT molecular complexity index is 764. The summed E-state index contributed by atoms with van der Waals surface area (Å²) in [5.74, 6) is 0. The quantitative estimate of drug-likeness (QED) is 0.726. The van der Waals surface area contributed by atoms with Gasteiger partial charge in [-0.25, -0.2) is 4.79 Å². The van der Waals surface area contributed by atoms with Crippen molar-refractivity contribution in [2.24, 2.45) is 0 Å².